The standard InChI is InChI=1S/C16H16F5N3O2/c17-11-2-1-10(16(19,20)21)13(18)9(11)7-24(12(25)6-23-14(22)26)15-3-8(4-15)5-15/h1-2,8H,3-7H2,(H3,22,23,26). The van der Waals surface area contributed by atoms with Gasteiger partial charge in [-0.15, -0.1) is 0 Å². The Balaban J connectivity index is 1.90. The van der Waals surface area contributed by atoms with Gasteiger partial charge in [-0.05, 0) is 37.3 Å². The van der Waals surface area contributed by atoms with Gasteiger partial charge in [-0.1, -0.05) is 0 Å². The van der Waals surface area contributed by atoms with Gasteiger partial charge in [0.2, 0.25) is 5.91 Å². The maximum absolute atomic E-state index is 14.3. The van der Waals surface area contributed by atoms with Crippen LogP contribution in [0.25, 0.3) is 0 Å². The van der Waals surface area contributed by atoms with E-state index in [2.05, 4.69) is 5.32 Å². The van der Waals surface area contributed by atoms with Crippen LogP contribution in [-0.4, -0.2) is 28.9 Å². The lowest BCUT2D eigenvalue weighted by atomic mass is 9.49. The average molecular weight is 377 g/mol. The SMILES string of the molecule is NC(=O)NCC(=O)N(Cc1c(F)ccc(C(F)(F)F)c1F)C12CC(C1)C2. The molecule has 0 atom stereocenters. The summed E-state index contributed by atoms with van der Waals surface area (Å²) in [6.07, 6.45) is -3.11. The lowest BCUT2D eigenvalue weighted by Crippen LogP contribution is -2.70. The van der Waals surface area contributed by atoms with Crippen molar-refractivity contribution in [3.05, 3.63) is 34.9 Å². The fourth-order valence-corrected chi connectivity index (χ4v) is 3.66. The van der Waals surface area contributed by atoms with Crippen LogP contribution in [-0.2, 0) is 17.5 Å². The van der Waals surface area contributed by atoms with E-state index in [0.717, 1.165) is 4.90 Å². The Bertz CT molecular complexity index is 748. The number of nitrogens with zero attached hydrogens (tertiary/aromatic N) is 1. The molecule has 0 unspecified atom stereocenters. The normalized spacial score (nSPS) is 23.7. The van der Waals surface area contributed by atoms with E-state index in [1.54, 1.807) is 0 Å². The van der Waals surface area contributed by atoms with Crippen LogP contribution in [0.2, 0.25) is 0 Å². The van der Waals surface area contributed by atoms with E-state index in [-0.39, 0.29) is 0 Å². The minimum Gasteiger partial charge on any atom is -0.352 e. The number of hydrogen-bond donors (Lipinski definition) is 2. The fourth-order valence-electron chi connectivity index (χ4n) is 3.66. The van der Waals surface area contributed by atoms with Gasteiger partial charge in [-0.2, -0.15) is 13.2 Å². The number of benzene rings is 1. The molecule has 4 rings (SSSR count). The van der Waals surface area contributed by atoms with Crippen molar-refractivity contribution in [3.63, 3.8) is 0 Å². The molecule has 1 aromatic carbocycles. The Morgan fingerprint density at radius 1 is 1.23 bits per heavy atom. The highest BCUT2D eigenvalue weighted by molar-refractivity contribution is 5.84. The molecule has 0 aromatic heterocycles. The van der Waals surface area contributed by atoms with Crippen LogP contribution >= 0.6 is 0 Å². The summed E-state index contributed by atoms with van der Waals surface area (Å²) in [5.74, 6) is -3.14. The second-order valence-corrected chi connectivity index (χ2v) is 6.79. The molecule has 3 aliphatic carbocycles. The molecule has 0 spiro atoms. The molecule has 0 aliphatic heterocycles. The smallest absolute Gasteiger partial charge is 0.352 e. The first-order valence-corrected chi connectivity index (χ1v) is 7.91. The highest BCUT2D eigenvalue weighted by atomic mass is 19.4. The Labute approximate surface area is 145 Å². The highest BCUT2D eigenvalue weighted by Crippen LogP contribution is 2.61. The third-order valence-corrected chi connectivity index (χ3v) is 5.10. The molecule has 3 fully saturated rings. The lowest BCUT2D eigenvalue weighted by Gasteiger charge is -2.66. The molecule has 26 heavy (non-hydrogen) atoms. The molecule has 3 saturated carbocycles. The van der Waals surface area contributed by atoms with Crippen molar-refractivity contribution < 1.29 is 31.5 Å². The van der Waals surface area contributed by atoms with Crippen molar-refractivity contribution in [1.82, 2.24) is 10.2 Å². The van der Waals surface area contributed by atoms with Crippen molar-refractivity contribution in [1.29, 1.82) is 0 Å². The van der Waals surface area contributed by atoms with Gasteiger partial charge < -0.3 is 16.0 Å². The lowest BCUT2D eigenvalue weighted by molar-refractivity contribution is -0.173. The van der Waals surface area contributed by atoms with E-state index in [0.29, 0.717) is 37.3 Å². The first-order valence-electron chi connectivity index (χ1n) is 7.91. The summed E-state index contributed by atoms with van der Waals surface area (Å²) in [6.45, 7) is -1.14. The molecule has 1 aromatic rings. The molecule has 3 N–H and O–H groups in total. The van der Waals surface area contributed by atoms with Crippen LogP contribution in [0, 0.1) is 17.6 Å². The predicted molar refractivity (Wildman–Crippen MR) is 79.6 cm³/mol. The first kappa shape index (κ1) is 18.4. The van der Waals surface area contributed by atoms with Crippen LogP contribution in [0.4, 0.5) is 26.7 Å². The zero-order valence-electron chi connectivity index (χ0n) is 13.5. The monoisotopic (exact) mass is 377 g/mol. The minimum atomic E-state index is -4.98. The van der Waals surface area contributed by atoms with Gasteiger partial charge in [0.1, 0.15) is 11.6 Å². The predicted octanol–water partition coefficient (Wildman–Crippen LogP) is 2.53. The summed E-state index contributed by atoms with van der Waals surface area (Å²) >= 11 is 0. The zero-order valence-corrected chi connectivity index (χ0v) is 13.5. The van der Waals surface area contributed by atoms with Gasteiger partial charge in [0.25, 0.3) is 0 Å². The molecule has 2 bridgehead atoms. The minimum absolute atomic E-state index is 0.329. The molecule has 0 radical (unpaired) electrons. The van der Waals surface area contributed by atoms with Crippen molar-refractivity contribution in [2.24, 2.45) is 11.7 Å². The van der Waals surface area contributed by atoms with Gasteiger partial charge in [-0.3, -0.25) is 4.79 Å². The maximum atomic E-state index is 14.3. The summed E-state index contributed by atoms with van der Waals surface area (Å²) in [5.41, 5.74) is 1.88. The van der Waals surface area contributed by atoms with Crippen LogP contribution in [0.15, 0.2) is 12.1 Å². The first-order chi connectivity index (χ1) is 12.0. The molecular weight excluding hydrogens is 361 g/mol. The molecule has 3 amide bonds. The van der Waals surface area contributed by atoms with Crippen LogP contribution in [0.3, 0.4) is 0 Å². The van der Waals surface area contributed by atoms with Gasteiger partial charge in [0.05, 0.1) is 18.7 Å². The third kappa shape index (κ3) is 3.08. The van der Waals surface area contributed by atoms with E-state index in [1.165, 1.54) is 0 Å². The summed E-state index contributed by atoms with van der Waals surface area (Å²) in [7, 11) is 0. The maximum Gasteiger partial charge on any atom is 0.419 e. The van der Waals surface area contributed by atoms with E-state index in [1.807, 2.05) is 0 Å². The molecule has 5 nitrogen and oxygen atoms in total. The number of carbonyl (C=O) groups is 2. The molecular formula is C16H16F5N3O2. The van der Waals surface area contributed by atoms with Crippen molar-refractivity contribution in [2.75, 3.05) is 6.54 Å². The topological polar surface area (TPSA) is 75.4 Å². The van der Waals surface area contributed by atoms with Crippen LogP contribution < -0.4 is 11.1 Å². The number of halogens is 5. The van der Waals surface area contributed by atoms with Gasteiger partial charge in [0.15, 0.2) is 0 Å². The van der Waals surface area contributed by atoms with Gasteiger partial charge in [-0.25, -0.2) is 13.6 Å². The number of nitrogens with two attached hydrogens (primary N) is 1. The number of rotatable bonds is 5. The summed E-state index contributed by atoms with van der Waals surface area (Å²) in [5, 5.41) is 2.09. The second kappa shape index (κ2) is 6.10. The van der Waals surface area contributed by atoms with Crippen LogP contribution in [0.1, 0.15) is 30.4 Å². The highest BCUT2D eigenvalue weighted by Gasteiger charge is 2.61. The van der Waals surface area contributed by atoms with E-state index >= 15 is 0 Å². The van der Waals surface area contributed by atoms with Crippen molar-refractivity contribution in [2.45, 2.75) is 37.5 Å². The summed E-state index contributed by atoms with van der Waals surface area (Å²) in [6, 6.07) is -0.0869. The number of nitrogens with one attached hydrogen (secondary N) is 1. The number of alkyl halides is 3. The Morgan fingerprint density at radius 3 is 2.31 bits per heavy atom. The molecule has 0 saturated heterocycles. The number of amides is 3. The Hall–Kier alpha value is -2.39. The van der Waals surface area contributed by atoms with Crippen molar-refractivity contribution >= 4 is 11.9 Å². The number of urea groups is 1. The quantitative estimate of drug-likeness (QED) is 0.774. The third-order valence-electron chi connectivity index (χ3n) is 5.10. The Morgan fingerprint density at radius 2 is 1.85 bits per heavy atom. The summed E-state index contributed by atoms with van der Waals surface area (Å²) in [4.78, 5) is 24.4. The second-order valence-electron chi connectivity index (χ2n) is 6.79. The molecule has 3 aliphatic rings. The Kier molecular flexibility index (Phi) is 4.32. The number of carbonyl (C=O) groups excluding carboxylic acids is 2. The fraction of sp³-hybridized carbons (Fsp3) is 0.500. The van der Waals surface area contributed by atoms with E-state index in [4.69, 9.17) is 5.73 Å². The molecule has 0 heterocycles. The number of hydrogen-bond acceptors (Lipinski definition) is 2. The van der Waals surface area contributed by atoms with Gasteiger partial charge >= 0.3 is 12.2 Å². The van der Waals surface area contributed by atoms with E-state index < -0.39 is 59.5 Å². The zero-order chi connectivity index (χ0) is 19.3. The molecule has 10 heteroatoms. The van der Waals surface area contributed by atoms with E-state index in [9.17, 15) is 31.5 Å². The largest absolute Gasteiger partial charge is 0.419 e. The summed E-state index contributed by atoms with van der Waals surface area (Å²) < 4.78 is 67.0. The van der Waals surface area contributed by atoms with Crippen LogP contribution in [0.5, 0.6) is 0 Å². The van der Waals surface area contributed by atoms with Crippen molar-refractivity contribution in [3.8, 4) is 0 Å². The number of primary amides is 1. The average Bonchev–Trinajstić information content (AvgIpc) is 2.42. The molecule has 142 valence electrons. The van der Waals surface area contributed by atoms with Gasteiger partial charge in [0, 0.05) is 11.1 Å².